The van der Waals surface area contributed by atoms with Crippen LogP contribution < -0.4 is 10.1 Å². The van der Waals surface area contributed by atoms with Crippen LogP contribution in [0.25, 0.3) is 6.08 Å². The molecule has 0 saturated heterocycles. The van der Waals surface area contributed by atoms with Crippen LogP contribution in [0.4, 0.5) is 5.69 Å². The second kappa shape index (κ2) is 8.53. The third-order valence-electron chi connectivity index (χ3n) is 3.32. The minimum Gasteiger partial charge on any atom is -0.493 e. The van der Waals surface area contributed by atoms with E-state index in [4.69, 9.17) is 4.74 Å². The minimum absolute atomic E-state index is 0.170. The predicted molar refractivity (Wildman–Crippen MR) is 98.8 cm³/mol. The first-order valence-corrected chi connectivity index (χ1v) is 8.42. The Labute approximate surface area is 145 Å². The summed E-state index contributed by atoms with van der Waals surface area (Å²) in [5.74, 6) is 0.587. The van der Waals surface area contributed by atoms with Crippen LogP contribution in [0.3, 0.4) is 0 Å². The first-order valence-electron chi connectivity index (χ1n) is 7.62. The highest BCUT2D eigenvalue weighted by Crippen LogP contribution is 2.24. The molecule has 0 aromatic heterocycles. The Bertz CT molecular complexity index is 693. The summed E-state index contributed by atoms with van der Waals surface area (Å²) in [4.78, 5) is 12.0. The van der Waals surface area contributed by atoms with E-state index in [-0.39, 0.29) is 5.91 Å². The Morgan fingerprint density at radius 2 is 1.91 bits per heavy atom. The van der Waals surface area contributed by atoms with Gasteiger partial charge in [-0.3, -0.25) is 4.79 Å². The summed E-state index contributed by atoms with van der Waals surface area (Å²) in [5.41, 5.74) is 2.89. The largest absolute Gasteiger partial charge is 0.493 e. The third-order valence-corrected chi connectivity index (χ3v) is 3.81. The molecule has 0 atom stereocenters. The molecule has 23 heavy (non-hydrogen) atoms. The second-order valence-corrected chi connectivity index (χ2v) is 5.90. The average Bonchev–Trinajstić information content (AvgIpc) is 2.56. The molecule has 0 aliphatic carbocycles. The van der Waals surface area contributed by atoms with E-state index in [1.165, 1.54) is 11.6 Å². The van der Waals surface area contributed by atoms with Crippen LogP contribution in [0, 0.1) is 0 Å². The number of ether oxygens (including phenoxy) is 1. The molecule has 2 aromatic rings. The number of halogens is 1. The lowest BCUT2D eigenvalue weighted by Gasteiger charge is -2.07. The first-order chi connectivity index (χ1) is 11.1. The number of hydrogen-bond acceptors (Lipinski definition) is 2. The van der Waals surface area contributed by atoms with Gasteiger partial charge in [-0.25, -0.2) is 0 Å². The van der Waals surface area contributed by atoms with Gasteiger partial charge in [-0.15, -0.1) is 0 Å². The van der Waals surface area contributed by atoms with Gasteiger partial charge in [-0.1, -0.05) is 35.0 Å². The van der Waals surface area contributed by atoms with Crippen molar-refractivity contribution in [2.45, 2.75) is 20.3 Å². The fraction of sp³-hybridized carbons (Fsp3) is 0.211. The number of rotatable bonds is 6. The molecule has 2 aromatic carbocycles. The smallest absolute Gasteiger partial charge is 0.248 e. The van der Waals surface area contributed by atoms with Crippen molar-refractivity contribution in [3.05, 3.63) is 64.1 Å². The van der Waals surface area contributed by atoms with E-state index in [0.29, 0.717) is 6.61 Å². The molecule has 0 spiro atoms. The Kier molecular flexibility index (Phi) is 6.41. The minimum atomic E-state index is -0.170. The number of benzene rings is 2. The highest BCUT2D eigenvalue weighted by molar-refractivity contribution is 9.10. The molecule has 3 nitrogen and oxygen atoms in total. The van der Waals surface area contributed by atoms with E-state index in [1.807, 2.05) is 49.4 Å². The second-order valence-electron chi connectivity index (χ2n) is 4.99. The molecule has 0 fully saturated rings. The molecule has 0 radical (unpaired) electrons. The number of carbonyl (C=O) groups excluding carboxylic acids is 1. The van der Waals surface area contributed by atoms with E-state index in [2.05, 4.69) is 28.2 Å². The summed E-state index contributed by atoms with van der Waals surface area (Å²) >= 11 is 3.43. The fourth-order valence-electron chi connectivity index (χ4n) is 2.11. The highest BCUT2D eigenvalue weighted by Gasteiger charge is 2.03. The fourth-order valence-corrected chi connectivity index (χ4v) is 2.49. The number of amides is 1. The molecule has 120 valence electrons. The normalized spacial score (nSPS) is 10.7. The van der Waals surface area contributed by atoms with E-state index in [1.54, 1.807) is 6.08 Å². The summed E-state index contributed by atoms with van der Waals surface area (Å²) in [6.07, 6.45) is 4.25. The Balaban J connectivity index is 2.06. The van der Waals surface area contributed by atoms with Gasteiger partial charge < -0.3 is 10.1 Å². The maximum absolute atomic E-state index is 12.0. The van der Waals surface area contributed by atoms with E-state index in [0.717, 1.165) is 27.9 Å². The predicted octanol–water partition coefficient (Wildman–Crippen LogP) is 5.06. The van der Waals surface area contributed by atoms with Crippen molar-refractivity contribution in [3.63, 3.8) is 0 Å². The van der Waals surface area contributed by atoms with Crippen molar-refractivity contribution in [2.75, 3.05) is 11.9 Å². The van der Waals surface area contributed by atoms with E-state index in [9.17, 15) is 4.79 Å². The van der Waals surface area contributed by atoms with Crippen LogP contribution in [-0.2, 0) is 11.2 Å². The van der Waals surface area contributed by atoms with Crippen molar-refractivity contribution in [1.29, 1.82) is 0 Å². The molecular formula is C19H20BrNO2. The van der Waals surface area contributed by atoms with Gasteiger partial charge in [0, 0.05) is 21.8 Å². The van der Waals surface area contributed by atoms with E-state index >= 15 is 0 Å². The number of carbonyl (C=O) groups is 1. The number of aryl methyl sites for hydroxylation is 1. The van der Waals surface area contributed by atoms with Crippen LogP contribution in [0.2, 0.25) is 0 Å². The molecule has 4 heteroatoms. The Morgan fingerprint density at radius 3 is 2.57 bits per heavy atom. The van der Waals surface area contributed by atoms with Gasteiger partial charge >= 0.3 is 0 Å². The van der Waals surface area contributed by atoms with Gasteiger partial charge in [0.25, 0.3) is 0 Å². The summed E-state index contributed by atoms with van der Waals surface area (Å²) in [7, 11) is 0. The van der Waals surface area contributed by atoms with Crippen molar-refractivity contribution in [2.24, 2.45) is 0 Å². The van der Waals surface area contributed by atoms with Crippen LogP contribution in [0.5, 0.6) is 5.75 Å². The van der Waals surface area contributed by atoms with Crippen molar-refractivity contribution < 1.29 is 9.53 Å². The molecule has 0 bridgehead atoms. The highest BCUT2D eigenvalue weighted by atomic mass is 79.9. The van der Waals surface area contributed by atoms with Crippen molar-refractivity contribution in [3.8, 4) is 5.75 Å². The molecule has 0 aliphatic rings. The summed E-state index contributed by atoms with van der Waals surface area (Å²) in [5, 5.41) is 2.85. The average molecular weight is 374 g/mol. The zero-order valence-corrected chi connectivity index (χ0v) is 14.9. The summed E-state index contributed by atoms with van der Waals surface area (Å²) < 4.78 is 6.51. The molecule has 1 N–H and O–H groups in total. The van der Waals surface area contributed by atoms with Crippen molar-refractivity contribution in [1.82, 2.24) is 0 Å². The van der Waals surface area contributed by atoms with Gasteiger partial charge in [0.05, 0.1) is 6.61 Å². The zero-order chi connectivity index (χ0) is 16.7. The van der Waals surface area contributed by atoms with Gasteiger partial charge in [-0.05, 0) is 55.3 Å². The van der Waals surface area contributed by atoms with Crippen LogP contribution in [-0.4, -0.2) is 12.5 Å². The van der Waals surface area contributed by atoms with Crippen LogP contribution >= 0.6 is 15.9 Å². The van der Waals surface area contributed by atoms with Gasteiger partial charge in [0.15, 0.2) is 0 Å². The third kappa shape index (κ3) is 5.25. The monoisotopic (exact) mass is 373 g/mol. The molecular weight excluding hydrogens is 354 g/mol. The van der Waals surface area contributed by atoms with Crippen LogP contribution in [0.15, 0.2) is 53.0 Å². The van der Waals surface area contributed by atoms with Crippen molar-refractivity contribution >= 4 is 33.6 Å². The van der Waals surface area contributed by atoms with E-state index < -0.39 is 0 Å². The quantitative estimate of drug-likeness (QED) is 0.718. The molecule has 0 saturated carbocycles. The maximum Gasteiger partial charge on any atom is 0.248 e. The topological polar surface area (TPSA) is 38.3 Å². The van der Waals surface area contributed by atoms with Crippen LogP contribution in [0.1, 0.15) is 25.0 Å². The molecule has 0 aliphatic heterocycles. The maximum atomic E-state index is 12.0. The van der Waals surface area contributed by atoms with Gasteiger partial charge in [0.2, 0.25) is 5.91 Å². The lowest BCUT2D eigenvalue weighted by Crippen LogP contribution is -2.07. The molecule has 0 heterocycles. The Morgan fingerprint density at radius 1 is 1.17 bits per heavy atom. The standard InChI is InChI=1S/C19H20BrNO2/c1-3-14-5-9-17(10-6-14)21-19(22)12-7-15-13-16(20)8-11-18(15)23-4-2/h5-13H,3-4H2,1-2H3,(H,21,22). The summed E-state index contributed by atoms with van der Waals surface area (Å²) in [6, 6.07) is 13.6. The molecule has 1 amide bonds. The number of hydrogen-bond donors (Lipinski definition) is 1. The lowest BCUT2D eigenvalue weighted by molar-refractivity contribution is -0.111. The lowest BCUT2D eigenvalue weighted by atomic mass is 10.1. The van der Waals surface area contributed by atoms with Gasteiger partial charge in [0.1, 0.15) is 5.75 Å². The first kappa shape index (κ1) is 17.3. The SMILES string of the molecule is CCOc1ccc(Br)cc1C=CC(=O)Nc1ccc(CC)cc1. The molecule has 0 unspecified atom stereocenters. The Hall–Kier alpha value is -2.07. The van der Waals surface area contributed by atoms with Gasteiger partial charge in [-0.2, -0.15) is 0 Å². The number of nitrogens with one attached hydrogen (secondary N) is 1. The zero-order valence-electron chi connectivity index (χ0n) is 13.3. The summed E-state index contributed by atoms with van der Waals surface area (Å²) in [6.45, 7) is 4.62. The number of anilines is 1. The molecule has 2 rings (SSSR count).